The van der Waals surface area contributed by atoms with Crippen molar-refractivity contribution < 1.29 is 9.90 Å². The molecule has 1 saturated carbocycles. The molecular formula is C29H31ClN4O3. The van der Waals surface area contributed by atoms with Gasteiger partial charge in [-0.2, -0.15) is 0 Å². The van der Waals surface area contributed by atoms with Gasteiger partial charge < -0.3 is 10.4 Å². The van der Waals surface area contributed by atoms with Gasteiger partial charge in [0.2, 0.25) is 0 Å². The first kappa shape index (κ1) is 25.2. The molecule has 0 unspecified atom stereocenters. The lowest BCUT2D eigenvalue weighted by molar-refractivity contribution is 0.0919. The first-order valence-corrected chi connectivity index (χ1v) is 13.1. The maximum absolute atomic E-state index is 13.7. The van der Waals surface area contributed by atoms with E-state index in [2.05, 4.69) is 10.3 Å². The number of hydrogen-bond donors (Lipinski definition) is 2. The molecule has 7 nitrogen and oxygen atoms in total. The van der Waals surface area contributed by atoms with Gasteiger partial charge in [-0.05, 0) is 69.7 Å². The van der Waals surface area contributed by atoms with Gasteiger partial charge in [0.15, 0.2) is 0 Å². The van der Waals surface area contributed by atoms with Crippen molar-refractivity contribution in [1.82, 2.24) is 19.4 Å². The number of halogens is 1. The molecule has 1 aliphatic rings. The van der Waals surface area contributed by atoms with Crippen LogP contribution >= 0.6 is 11.6 Å². The van der Waals surface area contributed by atoms with Crippen molar-refractivity contribution in [3.05, 3.63) is 92.6 Å². The van der Waals surface area contributed by atoms with Crippen LogP contribution in [0.15, 0.2) is 59.5 Å². The molecule has 2 aromatic carbocycles. The molecule has 37 heavy (non-hydrogen) atoms. The van der Waals surface area contributed by atoms with Gasteiger partial charge in [0.1, 0.15) is 0 Å². The third-order valence-corrected chi connectivity index (χ3v) is 7.61. The summed E-state index contributed by atoms with van der Waals surface area (Å²) in [5.74, 6) is 0.183. The minimum atomic E-state index is -0.145. The lowest BCUT2D eigenvalue weighted by Crippen LogP contribution is -2.39. The van der Waals surface area contributed by atoms with Crippen molar-refractivity contribution in [2.75, 3.05) is 0 Å². The molecule has 2 N–H and O–H groups in total. The predicted molar refractivity (Wildman–Crippen MR) is 145 cm³/mol. The zero-order valence-corrected chi connectivity index (χ0v) is 21.8. The van der Waals surface area contributed by atoms with Gasteiger partial charge in [0.25, 0.3) is 5.91 Å². The topological polar surface area (TPSA) is 89.2 Å². The van der Waals surface area contributed by atoms with E-state index < -0.39 is 0 Å². The molecule has 1 amide bonds. The molecule has 5 rings (SSSR count). The highest BCUT2D eigenvalue weighted by Crippen LogP contribution is 2.28. The third-order valence-electron chi connectivity index (χ3n) is 7.40. The first-order chi connectivity index (χ1) is 17.9. The molecule has 1 aliphatic carbocycles. The second kappa shape index (κ2) is 10.5. The largest absolute Gasteiger partial charge is 0.392 e. The van der Waals surface area contributed by atoms with Crippen LogP contribution in [-0.2, 0) is 13.2 Å². The maximum atomic E-state index is 13.7. The number of amides is 1. The fourth-order valence-corrected chi connectivity index (χ4v) is 5.58. The van der Waals surface area contributed by atoms with Gasteiger partial charge in [-0.25, -0.2) is 4.79 Å². The second-order valence-electron chi connectivity index (χ2n) is 9.99. The Bertz CT molecular complexity index is 1520. The number of fused-ring (bicyclic) bond motifs is 1. The molecule has 0 atom stereocenters. The van der Waals surface area contributed by atoms with Crippen LogP contribution in [0.1, 0.15) is 52.9 Å². The summed E-state index contributed by atoms with van der Waals surface area (Å²) >= 11 is 6.03. The van der Waals surface area contributed by atoms with E-state index >= 15 is 0 Å². The highest BCUT2D eigenvalue weighted by atomic mass is 35.5. The minimum Gasteiger partial charge on any atom is -0.392 e. The molecule has 192 valence electrons. The number of carbonyl (C=O) groups is 1. The summed E-state index contributed by atoms with van der Waals surface area (Å²) in [5, 5.41) is 13.5. The number of aryl methyl sites for hydroxylation is 2. The molecule has 0 spiro atoms. The Balaban J connectivity index is 1.34. The van der Waals surface area contributed by atoms with Gasteiger partial charge >= 0.3 is 5.69 Å². The maximum Gasteiger partial charge on any atom is 0.333 e. The molecule has 0 aliphatic heterocycles. The molecular weight excluding hydrogens is 488 g/mol. The number of nitrogens with one attached hydrogen (secondary N) is 1. The molecule has 2 aromatic heterocycles. The lowest BCUT2D eigenvalue weighted by Gasteiger charge is -2.29. The fraction of sp³-hybridized carbons (Fsp3) is 0.345. The Labute approximate surface area is 220 Å². The van der Waals surface area contributed by atoms with Crippen LogP contribution in [0.4, 0.5) is 0 Å². The Morgan fingerprint density at radius 1 is 1.08 bits per heavy atom. The number of imidazole rings is 1. The van der Waals surface area contributed by atoms with Crippen LogP contribution < -0.4 is 11.0 Å². The van der Waals surface area contributed by atoms with E-state index in [1.54, 1.807) is 23.8 Å². The summed E-state index contributed by atoms with van der Waals surface area (Å²) in [5.41, 5.74) is 5.26. The number of aliphatic hydroxyl groups excluding tert-OH is 1. The zero-order chi connectivity index (χ0) is 26.1. The molecule has 0 bridgehead atoms. The normalized spacial score (nSPS) is 17.7. The van der Waals surface area contributed by atoms with E-state index in [0.717, 1.165) is 47.8 Å². The lowest BCUT2D eigenvalue weighted by atomic mass is 9.85. The monoisotopic (exact) mass is 518 g/mol. The third kappa shape index (κ3) is 5.06. The van der Waals surface area contributed by atoms with Gasteiger partial charge in [0, 0.05) is 24.3 Å². The summed E-state index contributed by atoms with van der Waals surface area (Å²) < 4.78 is 3.58. The zero-order valence-electron chi connectivity index (χ0n) is 21.1. The molecule has 4 aromatic rings. The number of nitrogens with zero attached hydrogens (tertiary/aromatic N) is 3. The molecule has 2 heterocycles. The van der Waals surface area contributed by atoms with E-state index in [4.69, 9.17) is 11.6 Å². The molecule has 8 heteroatoms. The quantitative estimate of drug-likeness (QED) is 0.378. The number of aromatic nitrogens is 3. The van der Waals surface area contributed by atoms with Gasteiger partial charge in [-0.1, -0.05) is 41.4 Å². The van der Waals surface area contributed by atoms with E-state index in [1.165, 1.54) is 0 Å². The van der Waals surface area contributed by atoms with Crippen molar-refractivity contribution in [2.24, 2.45) is 5.92 Å². The van der Waals surface area contributed by atoms with Gasteiger partial charge in [0.05, 0.1) is 39.6 Å². The number of rotatable bonds is 6. The second-order valence-corrected chi connectivity index (χ2v) is 10.4. The summed E-state index contributed by atoms with van der Waals surface area (Å²) in [4.78, 5) is 30.7. The Kier molecular flexibility index (Phi) is 7.17. The average Bonchev–Trinajstić information content (AvgIpc) is 3.17. The van der Waals surface area contributed by atoms with Crippen LogP contribution in [0, 0.1) is 19.8 Å². The fourth-order valence-electron chi connectivity index (χ4n) is 5.42. The van der Waals surface area contributed by atoms with Gasteiger partial charge in [-0.3, -0.25) is 18.9 Å². The van der Waals surface area contributed by atoms with Crippen molar-refractivity contribution >= 4 is 28.5 Å². The van der Waals surface area contributed by atoms with E-state index in [0.29, 0.717) is 34.4 Å². The highest BCUT2D eigenvalue weighted by Gasteiger charge is 2.26. The van der Waals surface area contributed by atoms with Crippen LogP contribution in [0.2, 0.25) is 5.02 Å². The number of para-hydroxylation sites is 2. The SMILES string of the molecule is Cc1ccc(-n2c(=O)n(C[C@H]3CC[C@H](NC(=O)c4cc(Cl)cnc4C)CC3)c3ccccc32)c(CO)c1. The van der Waals surface area contributed by atoms with Crippen molar-refractivity contribution in [1.29, 1.82) is 0 Å². The Morgan fingerprint density at radius 3 is 2.54 bits per heavy atom. The van der Waals surface area contributed by atoms with Crippen LogP contribution in [0.3, 0.4) is 0 Å². The Morgan fingerprint density at radius 2 is 1.81 bits per heavy atom. The van der Waals surface area contributed by atoms with Crippen molar-refractivity contribution in [3.63, 3.8) is 0 Å². The number of hydrogen-bond acceptors (Lipinski definition) is 4. The van der Waals surface area contributed by atoms with E-state index in [-0.39, 0.29) is 24.2 Å². The predicted octanol–water partition coefficient (Wildman–Crippen LogP) is 4.94. The van der Waals surface area contributed by atoms with E-state index in [9.17, 15) is 14.7 Å². The average molecular weight is 519 g/mol. The summed E-state index contributed by atoms with van der Waals surface area (Å²) in [6, 6.07) is 15.3. The standard InChI is InChI=1S/C29H31ClN4O3/c1-18-7-12-25(21(13-18)17-35)34-27-6-4-3-5-26(27)33(29(34)37)16-20-8-10-23(11-9-20)32-28(36)24-14-22(30)15-31-19(24)2/h3-7,12-15,20,23,35H,8-11,16-17H2,1-2H3,(H,32,36)/t20-,23-. The number of aliphatic hydroxyl groups is 1. The van der Waals surface area contributed by atoms with Crippen LogP contribution in [0.25, 0.3) is 16.7 Å². The number of benzene rings is 2. The Hall–Kier alpha value is -3.42. The number of pyridine rings is 1. The summed E-state index contributed by atoms with van der Waals surface area (Å²) in [6.07, 6.45) is 5.07. The van der Waals surface area contributed by atoms with Crippen molar-refractivity contribution in [2.45, 2.75) is 58.7 Å². The van der Waals surface area contributed by atoms with E-state index in [1.807, 2.05) is 54.0 Å². The van der Waals surface area contributed by atoms with Crippen LogP contribution in [-0.4, -0.2) is 31.2 Å². The van der Waals surface area contributed by atoms with Crippen molar-refractivity contribution in [3.8, 4) is 5.69 Å². The molecule has 0 radical (unpaired) electrons. The summed E-state index contributed by atoms with van der Waals surface area (Å²) in [7, 11) is 0. The highest BCUT2D eigenvalue weighted by molar-refractivity contribution is 6.30. The number of carbonyl (C=O) groups excluding carboxylic acids is 1. The van der Waals surface area contributed by atoms with Crippen LogP contribution in [0.5, 0.6) is 0 Å². The van der Waals surface area contributed by atoms with Gasteiger partial charge in [-0.15, -0.1) is 0 Å². The molecule has 1 fully saturated rings. The molecule has 0 saturated heterocycles. The first-order valence-electron chi connectivity index (χ1n) is 12.7. The summed E-state index contributed by atoms with van der Waals surface area (Å²) in [6.45, 7) is 4.26. The minimum absolute atomic E-state index is 0.0832. The smallest absolute Gasteiger partial charge is 0.333 e.